The maximum absolute atomic E-state index is 14.5. The third-order valence-electron chi connectivity index (χ3n) is 15.2. The highest BCUT2D eigenvalue weighted by Gasteiger charge is 2.57. The van der Waals surface area contributed by atoms with Crippen molar-refractivity contribution in [3.63, 3.8) is 0 Å². The Kier molecular flexibility index (Phi) is 10.1. The van der Waals surface area contributed by atoms with Crippen molar-refractivity contribution in [3.8, 4) is 0 Å². The average molecular weight is 681 g/mol. The van der Waals surface area contributed by atoms with Crippen molar-refractivity contribution in [2.24, 2.45) is 40.9 Å². The highest BCUT2D eigenvalue weighted by atomic mass is 16.5. The van der Waals surface area contributed by atoms with Gasteiger partial charge in [-0.2, -0.15) is 0 Å². The van der Waals surface area contributed by atoms with E-state index in [-0.39, 0.29) is 42.2 Å². The van der Waals surface area contributed by atoms with Gasteiger partial charge in [0.15, 0.2) is 0 Å². The second kappa shape index (κ2) is 14.4. The van der Waals surface area contributed by atoms with Gasteiger partial charge in [0.1, 0.15) is 12.1 Å². The fraction of sp³-hybridized carbons (Fsp3) is 0.925. The highest BCUT2D eigenvalue weighted by Crippen LogP contribution is 2.61. The summed E-state index contributed by atoms with van der Waals surface area (Å²) in [5.41, 5.74) is -0.356. The number of hydrogen-bond donors (Lipinski definition) is 2. The van der Waals surface area contributed by atoms with E-state index < -0.39 is 18.2 Å². The van der Waals surface area contributed by atoms with Crippen LogP contribution in [0, 0.1) is 40.9 Å². The Balaban J connectivity index is 0.963. The lowest BCUT2D eigenvalue weighted by Crippen LogP contribution is -2.60. The van der Waals surface area contributed by atoms with Gasteiger partial charge in [-0.15, -0.1) is 0 Å². The Morgan fingerprint density at radius 1 is 0.796 bits per heavy atom. The van der Waals surface area contributed by atoms with Crippen molar-refractivity contribution in [2.75, 3.05) is 39.8 Å². The molecule has 0 aromatic carbocycles. The molecule has 274 valence electrons. The van der Waals surface area contributed by atoms with Crippen molar-refractivity contribution in [3.05, 3.63) is 0 Å². The fourth-order valence-electron chi connectivity index (χ4n) is 13.2. The van der Waals surface area contributed by atoms with E-state index in [0.717, 1.165) is 69.9 Å². The molecule has 0 spiro atoms. The van der Waals surface area contributed by atoms with Crippen molar-refractivity contribution < 1.29 is 24.2 Å². The summed E-state index contributed by atoms with van der Waals surface area (Å²) in [4.78, 5) is 49.5. The standard InChI is InChI=1S/C40H64N4O5/c1-49-36-9-5-4-8-34(36)42-12-14-43(15-13-42)38(47)33(20-26-10-11-30-6-2-3-7-31(30)19-26)41-37(46)35-21-32(45)25-44(35)39(48)40-22-27-16-28(23-40)18-29(17-27)24-40/h26-36,45H,2-25H2,1H3,(H,41,46)/t26?,27?,28?,29?,30?,31?,32-,33?,34?,35?,36?,40?/m1/s1. The zero-order chi connectivity index (χ0) is 33.7. The molecule has 7 aliphatic carbocycles. The predicted octanol–water partition coefficient (Wildman–Crippen LogP) is 4.75. The van der Waals surface area contributed by atoms with Gasteiger partial charge in [0.05, 0.1) is 17.6 Å². The van der Waals surface area contributed by atoms with Gasteiger partial charge in [-0.05, 0) is 106 Å². The summed E-state index contributed by atoms with van der Waals surface area (Å²) in [6, 6.07) is -0.864. The molecular weight excluding hydrogens is 616 g/mol. The summed E-state index contributed by atoms with van der Waals surface area (Å²) < 4.78 is 5.87. The molecule has 9 aliphatic rings. The summed E-state index contributed by atoms with van der Waals surface area (Å²) in [5, 5.41) is 14.2. The predicted molar refractivity (Wildman–Crippen MR) is 187 cm³/mol. The number of fused-ring (bicyclic) bond motifs is 1. The smallest absolute Gasteiger partial charge is 0.245 e. The van der Waals surface area contributed by atoms with Crippen LogP contribution in [0.1, 0.15) is 122 Å². The molecule has 0 aromatic rings. The van der Waals surface area contributed by atoms with Gasteiger partial charge in [0.25, 0.3) is 0 Å². The zero-order valence-corrected chi connectivity index (χ0v) is 30.2. The van der Waals surface area contributed by atoms with Crippen molar-refractivity contribution in [2.45, 2.75) is 152 Å². The number of β-amino-alcohol motifs (C(OH)–C–C–N with tert-alkyl or cyclic N) is 1. The lowest BCUT2D eigenvalue weighted by Gasteiger charge is -2.56. The molecule has 8 atom stereocenters. The number of carbonyl (C=O) groups excluding carboxylic acids is 3. The van der Waals surface area contributed by atoms with Gasteiger partial charge in [0, 0.05) is 52.3 Å². The molecule has 9 nitrogen and oxygen atoms in total. The lowest BCUT2D eigenvalue weighted by molar-refractivity contribution is -0.161. The molecule has 9 heteroatoms. The Bertz CT molecular complexity index is 1180. The first-order valence-corrected chi connectivity index (χ1v) is 20.6. The Hall–Kier alpha value is -1.71. The Labute approximate surface area is 294 Å². The van der Waals surface area contributed by atoms with E-state index in [4.69, 9.17) is 4.74 Å². The maximum atomic E-state index is 14.5. The molecule has 9 rings (SSSR count). The number of nitrogens with zero attached hydrogens (tertiary/aromatic N) is 3. The minimum atomic E-state index is -0.701. The second-order valence-electron chi connectivity index (χ2n) is 18.3. The monoisotopic (exact) mass is 680 g/mol. The SMILES string of the molecule is COC1CCCCC1N1CCN(C(=O)C(CC2CCC3CCCCC3C2)NC(=O)C2C[C@@H](O)CN2C(=O)C23CC4CC(CC(C4)C2)C3)CC1. The van der Waals surface area contributed by atoms with Gasteiger partial charge < -0.3 is 25.0 Å². The highest BCUT2D eigenvalue weighted by molar-refractivity contribution is 5.94. The third-order valence-corrected chi connectivity index (χ3v) is 15.2. The quantitative estimate of drug-likeness (QED) is 0.384. The van der Waals surface area contributed by atoms with E-state index in [9.17, 15) is 19.5 Å². The topological polar surface area (TPSA) is 102 Å². The molecule has 7 unspecified atom stereocenters. The zero-order valence-electron chi connectivity index (χ0n) is 30.2. The second-order valence-corrected chi connectivity index (χ2v) is 18.3. The molecule has 2 heterocycles. The van der Waals surface area contributed by atoms with E-state index in [1.54, 1.807) is 4.90 Å². The number of piperazine rings is 1. The van der Waals surface area contributed by atoms with Gasteiger partial charge in [0.2, 0.25) is 17.7 Å². The van der Waals surface area contributed by atoms with E-state index in [0.29, 0.717) is 49.2 Å². The van der Waals surface area contributed by atoms with E-state index in [1.165, 1.54) is 64.2 Å². The molecule has 49 heavy (non-hydrogen) atoms. The minimum Gasteiger partial charge on any atom is -0.391 e. The number of nitrogens with one attached hydrogen (secondary N) is 1. The summed E-state index contributed by atoms with van der Waals surface area (Å²) in [6.07, 6.45) is 20.7. The van der Waals surface area contributed by atoms with E-state index in [1.807, 2.05) is 12.0 Å². The average Bonchev–Trinajstić information content (AvgIpc) is 3.51. The van der Waals surface area contributed by atoms with Crippen molar-refractivity contribution >= 4 is 17.7 Å². The van der Waals surface area contributed by atoms with Crippen LogP contribution in [0.5, 0.6) is 0 Å². The van der Waals surface area contributed by atoms with Crippen LogP contribution < -0.4 is 5.32 Å². The van der Waals surface area contributed by atoms with Crippen LogP contribution in [0.4, 0.5) is 0 Å². The number of rotatable bonds is 8. The van der Waals surface area contributed by atoms with Crippen molar-refractivity contribution in [1.82, 2.24) is 20.0 Å². The number of methoxy groups -OCH3 is 1. The third kappa shape index (κ3) is 6.95. The summed E-state index contributed by atoms with van der Waals surface area (Å²) >= 11 is 0. The molecule has 3 amide bonds. The van der Waals surface area contributed by atoms with Gasteiger partial charge in [-0.1, -0.05) is 44.9 Å². The molecule has 9 fully saturated rings. The van der Waals surface area contributed by atoms with Crippen LogP contribution in [0.2, 0.25) is 0 Å². The van der Waals surface area contributed by atoms with E-state index >= 15 is 0 Å². The lowest BCUT2D eigenvalue weighted by atomic mass is 9.49. The normalized spacial score (nSPS) is 42.9. The number of hydrogen-bond acceptors (Lipinski definition) is 6. The van der Waals surface area contributed by atoms with Crippen LogP contribution in [-0.2, 0) is 19.1 Å². The van der Waals surface area contributed by atoms with Crippen LogP contribution >= 0.6 is 0 Å². The molecule has 2 N–H and O–H groups in total. The number of aliphatic hydroxyl groups excluding tert-OH is 1. The Morgan fingerprint density at radius 3 is 2.14 bits per heavy atom. The molecule has 0 aromatic heterocycles. The summed E-state index contributed by atoms with van der Waals surface area (Å²) in [7, 11) is 1.83. The molecule has 2 saturated heterocycles. The first-order chi connectivity index (χ1) is 23.8. The largest absolute Gasteiger partial charge is 0.391 e. The number of ether oxygens (including phenoxy) is 1. The van der Waals surface area contributed by atoms with Gasteiger partial charge >= 0.3 is 0 Å². The molecule has 0 radical (unpaired) electrons. The molecule has 2 aliphatic heterocycles. The molecular formula is C40H64N4O5. The first-order valence-electron chi connectivity index (χ1n) is 20.6. The van der Waals surface area contributed by atoms with Crippen LogP contribution in [0.3, 0.4) is 0 Å². The maximum Gasteiger partial charge on any atom is 0.245 e. The van der Waals surface area contributed by atoms with Gasteiger partial charge in [-0.25, -0.2) is 0 Å². The number of amides is 3. The van der Waals surface area contributed by atoms with Crippen LogP contribution in [0.25, 0.3) is 0 Å². The minimum absolute atomic E-state index is 0.0446. The summed E-state index contributed by atoms with van der Waals surface area (Å²) in [6.45, 7) is 3.26. The van der Waals surface area contributed by atoms with Crippen LogP contribution in [0.15, 0.2) is 0 Å². The summed E-state index contributed by atoms with van der Waals surface area (Å²) in [5.74, 6) is 3.84. The van der Waals surface area contributed by atoms with E-state index in [2.05, 4.69) is 10.2 Å². The van der Waals surface area contributed by atoms with Crippen LogP contribution in [-0.4, -0.2) is 108 Å². The Morgan fingerprint density at radius 2 is 1.45 bits per heavy atom. The van der Waals surface area contributed by atoms with Crippen molar-refractivity contribution in [1.29, 1.82) is 0 Å². The first kappa shape index (κ1) is 34.4. The number of aliphatic hydroxyl groups is 1. The number of likely N-dealkylation sites (tertiary alicyclic amines) is 1. The fourth-order valence-corrected chi connectivity index (χ4v) is 13.2. The molecule has 7 saturated carbocycles. The number of carbonyl (C=O) groups is 3. The van der Waals surface area contributed by atoms with Gasteiger partial charge in [-0.3, -0.25) is 19.3 Å². The molecule has 4 bridgehead atoms.